The smallest absolute Gasteiger partial charge is 0.259 e. The number of nitrogens with zero attached hydrogens (tertiary/aromatic N) is 1. The van der Waals surface area contributed by atoms with E-state index in [2.05, 4.69) is 11.8 Å². The molecule has 0 aliphatic rings. The zero-order valence-corrected chi connectivity index (χ0v) is 11.5. The largest absolute Gasteiger partial charge is 0.384 e. The maximum Gasteiger partial charge on any atom is 0.259 e. The standard InChI is InChI=1S/C17H14FNO2/c1-19(16-11-5-4-10-15(16)18)17(21)14-9-3-2-7-13(14)8-6-12-20/h2-5,7,9-11,20H,12H2,1H3. The number of hydrogen-bond donors (Lipinski definition) is 1. The third kappa shape index (κ3) is 3.28. The molecule has 0 saturated heterocycles. The van der Waals surface area contributed by atoms with Gasteiger partial charge in [-0.1, -0.05) is 36.1 Å². The summed E-state index contributed by atoms with van der Waals surface area (Å²) in [5.41, 5.74) is 1.07. The fraction of sp³-hybridized carbons (Fsp3) is 0.118. The number of aliphatic hydroxyl groups is 1. The van der Waals surface area contributed by atoms with Crippen LogP contribution >= 0.6 is 0 Å². The summed E-state index contributed by atoms with van der Waals surface area (Å²) in [6, 6.07) is 12.9. The molecule has 1 N–H and O–H groups in total. The van der Waals surface area contributed by atoms with Crippen LogP contribution in [0.25, 0.3) is 0 Å². The van der Waals surface area contributed by atoms with E-state index >= 15 is 0 Å². The first-order valence-electron chi connectivity index (χ1n) is 6.36. The lowest BCUT2D eigenvalue weighted by Gasteiger charge is -2.18. The van der Waals surface area contributed by atoms with Crippen molar-refractivity contribution in [2.24, 2.45) is 0 Å². The van der Waals surface area contributed by atoms with Crippen molar-refractivity contribution >= 4 is 11.6 Å². The number of carbonyl (C=O) groups is 1. The van der Waals surface area contributed by atoms with Crippen LogP contribution in [0.1, 0.15) is 15.9 Å². The Labute approximate surface area is 122 Å². The number of rotatable bonds is 2. The van der Waals surface area contributed by atoms with E-state index in [1.807, 2.05) is 0 Å². The fourth-order valence-electron chi connectivity index (χ4n) is 1.93. The van der Waals surface area contributed by atoms with Crippen molar-refractivity contribution in [1.82, 2.24) is 0 Å². The van der Waals surface area contributed by atoms with Crippen molar-refractivity contribution in [1.29, 1.82) is 0 Å². The summed E-state index contributed by atoms with van der Waals surface area (Å²) in [6.07, 6.45) is 0. The molecule has 2 aromatic rings. The average Bonchev–Trinajstić information content (AvgIpc) is 2.52. The summed E-state index contributed by atoms with van der Waals surface area (Å²) in [4.78, 5) is 13.8. The third-order valence-corrected chi connectivity index (χ3v) is 2.98. The van der Waals surface area contributed by atoms with Gasteiger partial charge in [-0.2, -0.15) is 0 Å². The first-order chi connectivity index (χ1) is 10.1. The summed E-state index contributed by atoms with van der Waals surface area (Å²) >= 11 is 0. The van der Waals surface area contributed by atoms with Gasteiger partial charge < -0.3 is 10.0 Å². The van der Waals surface area contributed by atoms with E-state index in [1.165, 1.54) is 24.1 Å². The van der Waals surface area contributed by atoms with Crippen LogP contribution in [0.15, 0.2) is 48.5 Å². The van der Waals surface area contributed by atoms with Gasteiger partial charge in [-0.05, 0) is 24.3 Å². The van der Waals surface area contributed by atoms with E-state index in [0.717, 1.165) is 0 Å². The Kier molecular flexibility index (Phi) is 4.70. The third-order valence-electron chi connectivity index (χ3n) is 2.98. The highest BCUT2D eigenvalue weighted by Crippen LogP contribution is 2.20. The van der Waals surface area contributed by atoms with Gasteiger partial charge in [-0.3, -0.25) is 4.79 Å². The van der Waals surface area contributed by atoms with Gasteiger partial charge >= 0.3 is 0 Å². The van der Waals surface area contributed by atoms with Crippen molar-refractivity contribution < 1.29 is 14.3 Å². The highest BCUT2D eigenvalue weighted by Gasteiger charge is 2.18. The van der Waals surface area contributed by atoms with E-state index in [9.17, 15) is 9.18 Å². The molecule has 0 saturated carbocycles. The molecular weight excluding hydrogens is 269 g/mol. The molecule has 0 heterocycles. The topological polar surface area (TPSA) is 40.5 Å². The highest BCUT2D eigenvalue weighted by atomic mass is 19.1. The summed E-state index contributed by atoms with van der Waals surface area (Å²) in [6.45, 7) is -0.286. The van der Waals surface area contributed by atoms with E-state index in [4.69, 9.17) is 5.11 Å². The molecule has 0 aliphatic heterocycles. The molecule has 0 radical (unpaired) electrons. The Morgan fingerprint density at radius 1 is 1.19 bits per heavy atom. The lowest BCUT2D eigenvalue weighted by molar-refractivity contribution is 0.0992. The number of hydrogen-bond acceptors (Lipinski definition) is 2. The van der Waals surface area contributed by atoms with Crippen molar-refractivity contribution in [3.05, 3.63) is 65.5 Å². The number of amides is 1. The Morgan fingerprint density at radius 3 is 2.57 bits per heavy atom. The average molecular weight is 283 g/mol. The first kappa shape index (κ1) is 14.8. The Morgan fingerprint density at radius 2 is 1.86 bits per heavy atom. The molecule has 0 atom stereocenters. The van der Waals surface area contributed by atoms with Gasteiger partial charge in [-0.25, -0.2) is 4.39 Å². The Balaban J connectivity index is 2.39. The summed E-state index contributed by atoms with van der Waals surface area (Å²) in [5.74, 6) is 4.41. The number of benzene rings is 2. The molecule has 1 amide bonds. The quantitative estimate of drug-likeness (QED) is 0.860. The van der Waals surface area contributed by atoms with Gasteiger partial charge in [0.1, 0.15) is 12.4 Å². The van der Waals surface area contributed by atoms with Crippen molar-refractivity contribution in [2.75, 3.05) is 18.6 Å². The molecule has 0 spiro atoms. The normalized spacial score (nSPS) is 9.67. The van der Waals surface area contributed by atoms with Crippen LogP contribution in [-0.2, 0) is 0 Å². The Bertz CT molecular complexity index is 716. The van der Waals surface area contributed by atoms with Crippen LogP contribution < -0.4 is 4.90 Å². The van der Waals surface area contributed by atoms with Crippen LogP contribution in [0.3, 0.4) is 0 Å². The highest BCUT2D eigenvalue weighted by molar-refractivity contribution is 6.07. The number of carbonyl (C=O) groups excluding carboxylic acids is 1. The predicted molar refractivity (Wildman–Crippen MR) is 79.5 cm³/mol. The molecular formula is C17H14FNO2. The fourth-order valence-corrected chi connectivity index (χ4v) is 1.93. The van der Waals surface area contributed by atoms with Gasteiger partial charge in [-0.15, -0.1) is 0 Å². The minimum Gasteiger partial charge on any atom is -0.384 e. The summed E-state index contributed by atoms with van der Waals surface area (Å²) in [7, 11) is 1.51. The van der Waals surface area contributed by atoms with Gasteiger partial charge in [0.25, 0.3) is 5.91 Å². The van der Waals surface area contributed by atoms with Gasteiger partial charge in [0.15, 0.2) is 0 Å². The zero-order valence-electron chi connectivity index (χ0n) is 11.5. The maximum absolute atomic E-state index is 13.8. The second kappa shape index (κ2) is 6.69. The molecule has 0 aromatic heterocycles. The summed E-state index contributed by atoms with van der Waals surface area (Å²) in [5, 5.41) is 8.76. The van der Waals surface area contributed by atoms with Gasteiger partial charge in [0.2, 0.25) is 0 Å². The van der Waals surface area contributed by atoms with E-state index < -0.39 is 5.82 Å². The number of para-hydroxylation sites is 1. The minimum atomic E-state index is -0.465. The van der Waals surface area contributed by atoms with E-state index in [0.29, 0.717) is 11.1 Å². The second-order valence-electron chi connectivity index (χ2n) is 4.32. The molecule has 3 nitrogen and oxygen atoms in total. The monoisotopic (exact) mass is 283 g/mol. The van der Waals surface area contributed by atoms with Gasteiger partial charge in [0, 0.05) is 12.6 Å². The maximum atomic E-state index is 13.8. The SMILES string of the molecule is CN(C(=O)c1ccccc1C#CCO)c1ccccc1F. The van der Waals surface area contributed by atoms with Crippen LogP contribution in [0, 0.1) is 17.7 Å². The molecule has 2 aromatic carbocycles. The van der Waals surface area contributed by atoms with Gasteiger partial charge in [0.05, 0.1) is 11.3 Å². The number of aliphatic hydroxyl groups excluding tert-OH is 1. The Hall–Kier alpha value is -2.64. The predicted octanol–water partition coefficient (Wildman–Crippen LogP) is 2.45. The molecule has 0 aliphatic carbocycles. The molecule has 106 valence electrons. The molecule has 0 fully saturated rings. The van der Waals surface area contributed by atoms with Crippen LogP contribution in [0.4, 0.5) is 10.1 Å². The lowest BCUT2D eigenvalue weighted by Crippen LogP contribution is -2.27. The second-order valence-corrected chi connectivity index (χ2v) is 4.32. The molecule has 4 heteroatoms. The van der Waals surface area contributed by atoms with E-state index in [-0.39, 0.29) is 18.2 Å². The number of anilines is 1. The molecule has 2 rings (SSSR count). The molecule has 0 unspecified atom stereocenters. The van der Waals surface area contributed by atoms with Crippen LogP contribution in [0.5, 0.6) is 0 Å². The molecule has 21 heavy (non-hydrogen) atoms. The lowest BCUT2D eigenvalue weighted by atomic mass is 10.1. The number of halogens is 1. The first-order valence-corrected chi connectivity index (χ1v) is 6.36. The zero-order chi connectivity index (χ0) is 15.2. The van der Waals surface area contributed by atoms with Crippen molar-refractivity contribution in [3.63, 3.8) is 0 Å². The minimum absolute atomic E-state index is 0.201. The summed E-state index contributed by atoms with van der Waals surface area (Å²) < 4.78 is 13.8. The van der Waals surface area contributed by atoms with Crippen molar-refractivity contribution in [3.8, 4) is 11.8 Å². The van der Waals surface area contributed by atoms with Crippen molar-refractivity contribution in [2.45, 2.75) is 0 Å². The van der Waals surface area contributed by atoms with Crippen LogP contribution in [0.2, 0.25) is 0 Å². The van der Waals surface area contributed by atoms with Crippen LogP contribution in [-0.4, -0.2) is 24.7 Å². The molecule has 0 bridgehead atoms. The van der Waals surface area contributed by atoms with E-state index in [1.54, 1.807) is 36.4 Å².